The van der Waals surface area contributed by atoms with E-state index in [4.69, 9.17) is 4.74 Å². The van der Waals surface area contributed by atoms with Crippen LogP contribution >= 0.6 is 0 Å². The van der Waals surface area contributed by atoms with Crippen LogP contribution in [-0.4, -0.2) is 17.1 Å². The van der Waals surface area contributed by atoms with Crippen LogP contribution in [0, 0.1) is 0 Å². The molecule has 0 aliphatic carbocycles. The van der Waals surface area contributed by atoms with Crippen molar-refractivity contribution in [3.63, 3.8) is 0 Å². The van der Waals surface area contributed by atoms with Crippen molar-refractivity contribution in [3.8, 4) is 0 Å². The number of rotatable bonds is 3. The Labute approximate surface area is 71.3 Å². The van der Waals surface area contributed by atoms with Crippen molar-refractivity contribution >= 4 is 6.09 Å². The number of carbonyl (C=O) groups excluding carboxylic acids is 1. The molecular weight excluding hydrogens is 247 g/mol. The summed E-state index contributed by atoms with van der Waals surface area (Å²) in [5.41, 5.74) is 2.40. The molecule has 0 atom stereocenters. The normalized spacial score (nSPS) is 10.0. The second-order valence-electron chi connectivity index (χ2n) is 1.86. The molecule has 0 heterocycles. The Bertz CT molecular complexity index is 108. The maximum absolute atomic E-state index is 10.6. The molecule has 1 amide bonds. The Balaban J connectivity index is 3.26. The number of amides is 1. The zero-order valence-corrected chi connectivity index (χ0v) is 8.43. The molecule has 0 radical (unpaired) electrons. The van der Waals surface area contributed by atoms with E-state index in [-0.39, 0.29) is 27.6 Å². The molecule has 62 valence electrons. The van der Waals surface area contributed by atoms with E-state index in [0.29, 0.717) is 0 Å². The van der Waals surface area contributed by atoms with Crippen LogP contribution in [0.2, 0.25) is 0 Å². The van der Waals surface area contributed by atoms with Crippen molar-refractivity contribution in [1.82, 2.24) is 9.06 Å². The fraction of sp³-hybridized carbons (Fsp3) is 0.800. The first-order valence-corrected chi connectivity index (χ1v) is 6.10. The molecule has 0 aromatic rings. The maximum atomic E-state index is 10.6. The number of nitrogens with one attached hydrogen (secondary N) is 2. The summed E-state index contributed by atoms with van der Waals surface area (Å²) >= 11 is -0.114. The third-order valence-electron chi connectivity index (χ3n) is 0.587. The molecule has 0 saturated heterocycles. The standard InChI is InChI=1S/C5H12IN2O2/c1-4(2)10-5(9)7-8-6-3/h4,8H,1-3H3,(H,7,9)/q-1. The van der Waals surface area contributed by atoms with Gasteiger partial charge in [-0.25, -0.2) is 0 Å². The van der Waals surface area contributed by atoms with E-state index in [1.807, 2.05) is 4.93 Å². The van der Waals surface area contributed by atoms with E-state index >= 15 is 0 Å². The molecule has 0 saturated carbocycles. The van der Waals surface area contributed by atoms with Crippen molar-refractivity contribution in [2.24, 2.45) is 0 Å². The Morgan fingerprint density at radius 1 is 1.60 bits per heavy atom. The SMILES string of the molecule is C[I-]NNC(=O)OC(C)C. The number of hydrazine groups is 1. The van der Waals surface area contributed by atoms with Crippen LogP contribution in [-0.2, 0) is 4.74 Å². The van der Waals surface area contributed by atoms with Crippen molar-refractivity contribution in [3.05, 3.63) is 0 Å². The van der Waals surface area contributed by atoms with E-state index in [1.165, 1.54) is 0 Å². The first kappa shape index (κ1) is 9.96. The zero-order valence-electron chi connectivity index (χ0n) is 6.27. The number of ether oxygens (including phenoxy) is 1. The van der Waals surface area contributed by atoms with Gasteiger partial charge in [-0.1, -0.05) is 0 Å². The van der Waals surface area contributed by atoms with E-state index in [1.54, 1.807) is 13.8 Å². The number of hydrogen-bond acceptors (Lipinski definition) is 3. The zero-order chi connectivity index (χ0) is 7.98. The van der Waals surface area contributed by atoms with Crippen molar-refractivity contribution in [2.75, 3.05) is 4.93 Å². The summed E-state index contributed by atoms with van der Waals surface area (Å²) in [6.07, 6.45) is -0.464. The molecule has 0 spiro atoms. The summed E-state index contributed by atoms with van der Waals surface area (Å²) in [5, 5.41) is 0. The molecule has 0 fully saturated rings. The van der Waals surface area contributed by atoms with E-state index in [0.717, 1.165) is 0 Å². The fourth-order valence-corrected chi connectivity index (χ4v) is 0.819. The van der Waals surface area contributed by atoms with Crippen LogP contribution in [0.5, 0.6) is 0 Å². The van der Waals surface area contributed by atoms with E-state index < -0.39 is 6.09 Å². The molecule has 0 aromatic heterocycles. The summed E-state index contributed by atoms with van der Waals surface area (Å²) in [6, 6.07) is 0. The monoisotopic (exact) mass is 259 g/mol. The molecule has 0 aliphatic heterocycles. The summed E-state index contributed by atoms with van der Waals surface area (Å²) in [5.74, 6) is 0. The Morgan fingerprint density at radius 3 is 2.60 bits per heavy atom. The third-order valence-corrected chi connectivity index (χ3v) is 1.40. The number of hydrogen-bond donors (Lipinski definition) is 2. The van der Waals surface area contributed by atoms with Gasteiger partial charge >= 0.3 is 71.1 Å². The minimum absolute atomic E-state index is 0.0585. The number of carbonyl (C=O) groups is 1. The molecule has 4 nitrogen and oxygen atoms in total. The van der Waals surface area contributed by atoms with Gasteiger partial charge in [0.25, 0.3) is 0 Å². The van der Waals surface area contributed by atoms with Gasteiger partial charge in [-0.05, 0) is 0 Å². The van der Waals surface area contributed by atoms with Crippen LogP contribution in [0.15, 0.2) is 0 Å². The van der Waals surface area contributed by atoms with Gasteiger partial charge in [0, 0.05) is 0 Å². The Kier molecular flexibility index (Phi) is 5.70. The number of halogens is 1. The summed E-state index contributed by atoms with van der Waals surface area (Å²) in [7, 11) is 0. The molecule has 2 N–H and O–H groups in total. The molecule has 0 aromatic carbocycles. The van der Waals surface area contributed by atoms with Gasteiger partial charge in [0.1, 0.15) is 0 Å². The fourth-order valence-electron chi connectivity index (χ4n) is 0.329. The second-order valence-corrected chi connectivity index (χ2v) is 3.48. The Morgan fingerprint density at radius 2 is 2.20 bits per heavy atom. The average Bonchev–Trinajstić information content (AvgIpc) is 1.82. The topological polar surface area (TPSA) is 50.4 Å². The minimum atomic E-state index is -0.406. The van der Waals surface area contributed by atoms with Gasteiger partial charge in [-0.3, -0.25) is 0 Å². The summed E-state index contributed by atoms with van der Waals surface area (Å²) < 4.78 is 7.50. The van der Waals surface area contributed by atoms with Gasteiger partial charge < -0.3 is 0 Å². The van der Waals surface area contributed by atoms with E-state index in [2.05, 4.69) is 9.06 Å². The van der Waals surface area contributed by atoms with Crippen LogP contribution in [0.1, 0.15) is 13.8 Å². The van der Waals surface area contributed by atoms with Crippen LogP contribution < -0.4 is 30.5 Å². The first-order chi connectivity index (χ1) is 4.66. The summed E-state index contributed by atoms with van der Waals surface area (Å²) in [6.45, 7) is 3.61. The van der Waals surface area contributed by atoms with Gasteiger partial charge in [0.15, 0.2) is 0 Å². The predicted molar refractivity (Wildman–Crippen MR) is 33.8 cm³/mol. The first-order valence-electron chi connectivity index (χ1n) is 2.87. The average molecular weight is 259 g/mol. The second kappa shape index (κ2) is 5.72. The molecule has 0 bridgehead atoms. The molecule has 10 heavy (non-hydrogen) atoms. The van der Waals surface area contributed by atoms with Crippen molar-refractivity contribution in [1.29, 1.82) is 0 Å². The van der Waals surface area contributed by atoms with Crippen LogP contribution in [0.4, 0.5) is 4.79 Å². The quantitative estimate of drug-likeness (QED) is 0.250. The van der Waals surface area contributed by atoms with Crippen molar-refractivity contribution in [2.45, 2.75) is 20.0 Å². The molecular formula is C5H12IN2O2-. The van der Waals surface area contributed by atoms with E-state index in [9.17, 15) is 4.79 Å². The molecule has 5 heteroatoms. The summed E-state index contributed by atoms with van der Waals surface area (Å²) in [4.78, 5) is 12.6. The van der Waals surface area contributed by atoms with Crippen LogP contribution in [0.25, 0.3) is 0 Å². The molecule has 0 rings (SSSR count). The van der Waals surface area contributed by atoms with Gasteiger partial charge in [0.05, 0.1) is 0 Å². The third kappa shape index (κ3) is 6.09. The molecule has 0 unspecified atom stereocenters. The molecule has 0 aliphatic rings. The van der Waals surface area contributed by atoms with Gasteiger partial charge in [-0.2, -0.15) is 0 Å². The van der Waals surface area contributed by atoms with Gasteiger partial charge in [0.2, 0.25) is 0 Å². The van der Waals surface area contributed by atoms with Gasteiger partial charge in [-0.15, -0.1) is 0 Å². The van der Waals surface area contributed by atoms with Crippen molar-refractivity contribution < 1.29 is 31.0 Å². The van der Waals surface area contributed by atoms with Crippen LogP contribution in [0.3, 0.4) is 0 Å². The number of alkyl halides is 1. The Hall–Kier alpha value is -0.0400. The predicted octanol–water partition coefficient (Wildman–Crippen LogP) is -2.74.